The summed E-state index contributed by atoms with van der Waals surface area (Å²) in [5, 5.41) is 0.400. The van der Waals surface area contributed by atoms with Crippen molar-refractivity contribution in [1.29, 1.82) is 0 Å². The van der Waals surface area contributed by atoms with E-state index in [2.05, 4.69) is 15.9 Å². The molecule has 0 atom stereocenters. The van der Waals surface area contributed by atoms with Crippen LogP contribution in [0.2, 0.25) is 0 Å². The molecule has 0 N–H and O–H groups in total. The highest BCUT2D eigenvalue weighted by Gasteiger charge is 2.37. The summed E-state index contributed by atoms with van der Waals surface area (Å²) < 4.78 is 17.0. The van der Waals surface area contributed by atoms with Crippen LogP contribution in [0.25, 0.3) is 6.08 Å². The van der Waals surface area contributed by atoms with Crippen LogP contribution in [0.15, 0.2) is 46.6 Å². The molecule has 0 bridgehead atoms. The molecule has 0 unspecified atom stereocenters. The van der Waals surface area contributed by atoms with Gasteiger partial charge in [-0.05, 0) is 71.5 Å². The molecule has 2 aromatic rings. The van der Waals surface area contributed by atoms with Gasteiger partial charge in [0.1, 0.15) is 22.9 Å². The average molecular weight is 477 g/mol. The number of carbonyl (C=O) groups excluding carboxylic acids is 1. The highest BCUT2D eigenvalue weighted by molar-refractivity contribution is 9.10. The Labute approximate surface area is 183 Å². The Balaban J connectivity index is 1.98. The van der Waals surface area contributed by atoms with Crippen LogP contribution in [-0.2, 0) is 4.79 Å². The van der Waals surface area contributed by atoms with Gasteiger partial charge >= 0.3 is 0 Å². The van der Waals surface area contributed by atoms with Crippen molar-refractivity contribution in [2.45, 2.75) is 6.92 Å². The number of halogens is 1. The van der Waals surface area contributed by atoms with Gasteiger partial charge in [-0.3, -0.25) is 9.69 Å². The first-order valence-corrected chi connectivity index (χ1v) is 10.1. The zero-order chi connectivity index (χ0) is 21.1. The van der Waals surface area contributed by atoms with Crippen molar-refractivity contribution in [1.82, 2.24) is 4.90 Å². The number of carbonyl (C=O) groups is 1. The first-order chi connectivity index (χ1) is 13.9. The van der Waals surface area contributed by atoms with Gasteiger partial charge < -0.3 is 19.1 Å². The minimum absolute atomic E-state index is 0.212. The minimum atomic E-state index is -0.212. The van der Waals surface area contributed by atoms with Gasteiger partial charge in [-0.1, -0.05) is 0 Å². The van der Waals surface area contributed by atoms with Crippen LogP contribution in [-0.4, -0.2) is 43.8 Å². The molecule has 1 heterocycles. The molecule has 1 fully saturated rings. The maximum atomic E-state index is 13.2. The highest BCUT2D eigenvalue weighted by atomic mass is 79.9. The molecule has 0 aromatic heterocycles. The Morgan fingerprint density at radius 1 is 1.10 bits per heavy atom. The largest absolute Gasteiger partial charge is 0.496 e. The third-order valence-electron chi connectivity index (χ3n) is 4.46. The summed E-state index contributed by atoms with van der Waals surface area (Å²) in [5.74, 6) is 1.76. The van der Waals surface area contributed by atoms with Crippen LogP contribution in [0, 0.1) is 0 Å². The fraction of sp³-hybridized carbons (Fsp3) is 0.238. The number of likely N-dealkylation sites (N-methyl/N-ethyl adjacent to an activating group) is 1. The van der Waals surface area contributed by atoms with Crippen LogP contribution >= 0.6 is 28.1 Å². The third kappa shape index (κ3) is 4.09. The topological polar surface area (TPSA) is 51.2 Å². The number of hydrogen-bond donors (Lipinski definition) is 0. The molecular weight excluding hydrogens is 456 g/mol. The van der Waals surface area contributed by atoms with Gasteiger partial charge in [0.05, 0.1) is 31.0 Å². The van der Waals surface area contributed by atoms with E-state index >= 15 is 0 Å². The first kappa shape index (κ1) is 21.1. The lowest BCUT2D eigenvalue weighted by atomic mass is 10.1. The van der Waals surface area contributed by atoms with E-state index in [0.29, 0.717) is 34.6 Å². The van der Waals surface area contributed by atoms with Gasteiger partial charge in [0.2, 0.25) is 0 Å². The molecule has 29 heavy (non-hydrogen) atoms. The zero-order valence-electron chi connectivity index (χ0n) is 16.6. The second-order valence-corrected chi connectivity index (χ2v) is 7.39. The standard InChI is InChI=1S/C21H21BrN2O4S/c1-5-28-15-8-6-14(7-9-15)24-20(25)17(23(2)21(24)29)11-13-10-16(22)19(27-4)12-18(13)26-3/h6-12H,5H2,1-4H3/b17-11+. The normalized spacial score (nSPS) is 15.3. The molecule has 1 saturated heterocycles. The number of benzene rings is 2. The Kier molecular flexibility index (Phi) is 6.44. The van der Waals surface area contributed by atoms with Crippen LogP contribution < -0.4 is 19.1 Å². The molecule has 152 valence electrons. The molecule has 0 saturated carbocycles. The van der Waals surface area contributed by atoms with Gasteiger partial charge in [-0.15, -0.1) is 0 Å². The molecule has 6 nitrogen and oxygen atoms in total. The van der Waals surface area contributed by atoms with E-state index in [1.807, 2.05) is 37.3 Å². The van der Waals surface area contributed by atoms with Crippen molar-refractivity contribution in [3.05, 3.63) is 52.1 Å². The minimum Gasteiger partial charge on any atom is -0.496 e. The predicted molar refractivity (Wildman–Crippen MR) is 121 cm³/mol. The maximum absolute atomic E-state index is 13.2. The number of methoxy groups -OCH3 is 2. The monoisotopic (exact) mass is 476 g/mol. The van der Waals surface area contributed by atoms with E-state index < -0.39 is 0 Å². The number of rotatable bonds is 6. The number of anilines is 1. The highest BCUT2D eigenvalue weighted by Crippen LogP contribution is 2.36. The first-order valence-electron chi connectivity index (χ1n) is 8.89. The Morgan fingerprint density at radius 2 is 1.76 bits per heavy atom. The van der Waals surface area contributed by atoms with Crippen molar-refractivity contribution < 1.29 is 19.0 Å². The Bertz CT molecular complexity index is 975. The van der Waals surface area contributed by atoms with Crippen molar-refractivity contribution in [3.8, 4) is 17.2 Å². The molecule has 1 aliphatic rings. The summed E-state index contributed by atoms with van der Waals surface area (Å²) in [7, 11) is 4.92. The molecule has 1 aliphatic heterocycles. The quantitative estimate of drug-likeness (QED) is 0.452. The molecular formula is C21H21BrN2O4S. The van der Waals surface area contributed by atoms with E-state index in [1.54, 1.807) is 38.3 Å². The van der Waals surface area contributed by atoms with Crippen molar-refractivity contribution in [3.63, 3.8) is 0 Å². The second kappa shape index (κ2) is 8.84. The van der Waals surface area contributed by atoms with Crippen LogP contribution in [0.4, 0.5) is 5.69 Å². The lowest BCUT2D eigenvalue weighted by Gasteiger charge is -2.16. The summed E-state index contributed by atoms with van der Waals surface area (Å²) in [6.07, 6.45) is 1.76. The summed E-state index contributed by atoms with van der Waals surface area (Å²) >= 11 is 9.00. The Hall–Kier alpha value is -2.58. The van der Waals surface area contributed by atoms with Gasteiger partial charge in [-0.25, -0.2) is 0 Å². The lowest BCUT2D eigenvalue weighted by molar-refractivity contribution is -0.114. The summed E-state index contributed by atoms with van der Waals surface area (Å²) in [4.78, 5) is 16.4. The number of ether oxygens (including phenoxy) is 3. The predicted octanol–water partition coefficient (Wildman–Crippen LogP) is 4.47. The number of hydrogen-bond acceptors (Lipinski definition) is 5. The van der Waals surface area contributed by atoms with Crippen LogP contribution in [0.5, 0.6) is 17.2 Å². The SMILES string of the molecule is CCOc1ccc(N2C(=O)/C(=C\c3cc(Br)c(OC)cc3OC)N(C)C2=S)cc1. The molecule has 3 rings (SSSR count). The summed E-state index contributed by atoms with van der Waals surface area (Å²) in [6.45, 7) is 2.50. The van der Waals surface area contributed by atoms with E-state index in [4.69, 9.17) is 26.4 Å². The number of thiocarbonyl (C=S) groups is 1. The molecule has 0 aliphatic carbocycles. The smallest absolute Gasteiger partial charge is 0.281 e. The molecule has 0 spiro atoms. The Morgan fingerprint density at radius 3 is 2.34 bits per heavy atom. The van der Waals surface area contributed by atoms with E-state index in [1.165, 1.54) is 4.90 Å². The van der Waals surface area contributed by atoms with Gasteiger partial charge in [-0.2, -0.15) is 0 Å². The van der Waals surface area contributed by atoms with Crippen LogP contribution in [0.3, 0.4) is 0 Å². The fourth-order valence-corrected chi connectivity index (χ4v) is 3.80. The van der Waals surface area contributed by atoms with Crippen molar-refractivity contribution >= 4 is 50.9 Å². The molecule has 2 aromatic carbocycles. The third-order valence-corrected chi connectivity index (χ3v) is 5.54. The van der Waals surface area contributed by atoms with Crippen LogP contribution in [0.1, 0.15) is 12.5 Å². The summed E-state index contributed by atoms with van der Waals surface area (Å²) in [5.41, 5.74) is 1.85. The lowest BCUT2D eigenvalue weighted by Crippen LogP contribution is -2.31. The fourth-order valence-electron chi connectivity index (χ4n) is 2.99. The summed E-state index contributed by atoms with van der Waals surface area (Å²) in [6, 6.07) is 10.9. The molecule has 8 heteroatoms. The number of nitrogens with zero attached hydrogens (tertiary/aromatic N) is 2. The molecule has 0 radical (unpaired) electrons. The van der Waals surface area contributed by atoms with Gasteiger partial charge in [0.25, 0.3) is 5.91 Å². The maximum Gasteiger partial charge on any atom is 0.281 e. The van der Waals surface area contributed by atoms with Crippen molar-refractivity contribution in [2.24, 2.45) is 0 Å². The number of amides is 1. The van der Waals surface area contributed by atoms with Gasteiger partial charge in [0, 0.05) is 18.7 Å². The second-order valence-electron chi connectivity index (χ2n) is 6.17. The molecule has 1 amide bonds. The van der Waals surface area contributed by atoms with E-state index in [-0.39, 0.29) is 5.91 Å². The van der Waals surface area contributed by atoms with Crippen molar-refractivity contribution in [2.75, 3.05) is 32.8 Å². The van der Waals surface area contributed by atoms with E-state index in [9.17, 15) is 4.79 Å². The zero-order valence-corrected chi connectivity index (χ0v) is 19.0. The average Bonchev–Trinajstić information content (AvgIpc) is 2.92. The van der Waals surface area contributed by atoms with Gasteiger partial charge in [0.15, 0.2) is 5.11 Å². The van der Waals surface area contributed by atoms with E-state index in [0.717, 1.165) is 15.8 Å².